The van der Waals surface area contributed by atoms with Crippen LogP contribution in [0.4, 0.5) is 5.69 Å². The van der Waals surface area contributed by atoms with Crippen molar-refractivity contribution in [2.24, 2.45) is 16.5 Å². The van der Waals surface area contributed by atoms with Gasteiger partial charge in [-0.1, -0.05) is 29.8 Å². The molecule has 1 aromatic heterocycles. The van der Waals surface area contributed by atoms with Crippen LogP contribution in [0.2, 0.25) is 5.02 Å². The second-order valence-corrected chi connectivity index (χ2v) is 6.60. The summed E-state index contributed by atoms with van der Waals surface area (Å²) < 4.78 is 5.63. The van der Waals surface area contributed by atoms with Gasteiger partial charge in [0, 0.05) is 17.3 Å². The van der Waals surface area contributed by atoms with Crippen LogP contribution in [0.1, 0.15) is 5.56 Å². The van der Waals surface area contributed by atoms with Crippen LogP contribution in [-0.2, 0) is 11.3 Å². The zero-order valence-corrected chi connectivity index (χ0v) is 16.6. The number of aliphatic imine (C=N–C) groups is 1. The van der Waals surface area contributed by atoms with Crippen molar-refractivity contribution in [2.45, 2.75) is 6.54 Å². The fourth-order valence-electron chi connectivity index (χ4n) is 2.48. The lowest BCUT2D eigenvalue weighted by Gasteiger charge is -2.21. The van der Waals surface area contributed by atoms with E-state index in [2.05, 4.69) is 9.98 Å². The number of benzene rings is 2. The van der Waals surface area contributed by atoms with Gasteiger partial charge in [0.25, 0.3) is 5.91 Å². The van der Waals surface area contributed by atoms with Gasteiger partial charge in [-0.3, -0.25) is 15.1 Å². The number of nitrogens with two attached hydrogens (primary N) is 2. The van der Waals surface area contributed by atoms with Crippen LogP contribution in [-0.4, -0.2) is 27.6 Å². The van der Waals surface area contributed by atoms with Gasteiger partial charge in [-0.15, -0.1) is 0 Å². The van der Waals surface area contributed by atoms with Gasteiger partial charge in [-0.25, -0.2) is 9.98 Å². The van der Waals surface area contributed by atoms with Crippen molar-refractivity contribution < 1.29 is 9.53 Å². The largest absolute Gasteiger partial charge is 0.439 e. The monoisotopic (exact) mass is 422 g/mol. The summed E-state index contributed by atoms with van der Waals surface area (Å²) in [6, 6.07) is 19.0. The van der Waals surface area contributed by atoms with E-state index in [0.717, 1.165) is 10.5 Å². The molecule has 0 atom stereocenters. The van der Waals surface area contributed by atoms with E-state index in [0.29, 0.717) is 22.3 Å². The molecule has 152 valence electrons. The smallest absolute Gasteiger partial charge is 0.295 e. The molecule has 1 amide bonds. The van der Waals surface area contributed by atoms with E-state index in [9.17, 15) is 4.79 Å². The van der Waals surface area contributed by atoms with Gasteiger partial charge >= 0.3 is 0 Å². The number of hydrogen-bond acceptors (Lipinski definition) is 5. The molecule has 0 bridgehead atoms. The Labute approximate surface area is 178 Å². The maximum absolute atomic E-state index is 12.4. The number of hydrogen-bond donors (Lipinski definition) is 3. The topological polar surface area (TPSA) is 131 Å². The lowest BCUT2D eigenvalue weighted by Crippen LogP contribution is -2.46. The Hall–Kier alpha value is -3.91. The molecule has 3 rings (SSSR count). The zero-order valence-electron chi connectivity index (χ0n) is 15.8. The first kappa shape index (κ1) is 20.8. The number of amidine groups is 1. The third-order valence-electron chi connectivity index (χ3n) is 3.95. The molecule has 2 aromatic carbocycles. The number of amides is 1. The first-order valence-electron chi connectivity index (χ1n) is 8.86. The molecule has 30 heavy (non-hydrogen) atoms. The van der Waals surface area contributed by atoms with Gasteiger partial charge in [0.15, 0.2) is 5.84 Å². The zero-order chi connectivity index (χ0) is 21.5. The number of halogens is 1. The number of rotatable bonds is 5. The molecular weight excluding hydrogens is 404 g/mol. The Morgan fingerprint density at radius 1 is 1.07 bits per heavy atom. The fourth-order valence-corrected chi connectivity index (χ4v) is 2.61. The summed E-state index contributed by atoms with van der Waals surface area (Å²) >= 11 is 5.90. The second-order valence-electron chi connectivity index (χ2n) is 6.17. The highest BCUT2D eigenvalue weighted by molar-refractivity contribution is 6.38. The van der Waals surface area contributed by atoms with E-state index >= 15 is 0 Å². The van der Waals surface area contributed by atoms with E-state index < -0.39 is 11.7 Å². The van der Waals surface area contributed by atoms with E-state index in [1.807, 2.05) is 6.07 Å². The highest BCUT2D eigenvalue weighted by Crippen LogP contribution is 2.23. The molecule has 5 N–H and O–H groups in total. The van der Waals surface area contributed by atoms with Crippen LogP contribution in [0.5, 0.6) is 11.6 Å². The van der Waals surface area contributed by atoms with Crippen LogP contribution in [0, 0.1) is 5.41 Å². The van der Waals surface area contributed by atoms with Crippen molar-refractivity contribution in [1.82, 2.24) is 9.88 Å². The van der Waals surface area contributed by atoms with Gasteiger partial charge in [0.05, 0.1) is 12.2 Å². The predicted octanol–water partition coefficient (Wildman–Crippen LogP) is 3.44. The van der Waals surface area contributed by atoms with Gasteiger partial charge in [-0.2, -0.15) is 0 Å². The number of pyridine rings is 1. The van der Waals surface area contributed by atoms with E-state index in [1.165, 1.54) is 0 Å². The van der Waals surface area contributed by atoms with Crippen molar-refractivity contribution >= 4 is 35.0 Å². The minimum Gasteiger partial charge on any atom is -0.439 e. The van der Waals surface area contributed by atoms with Crippen molar-refractivity contribution in [2.75, 3.05) is 0 Å². The number of carbonyl (C=O) groups excluding carboxylic acids is 1. The van der Waals surface area contributed by atoms with E-state index in [-0.39, 0.29) is 12.5 Å². The molecule has 8 nitrogen and oxygen atoms in total. The minimum atomic E-state index is -0.749. The predicted molar refractivity (Wildman–Crippen MR) is 116 cm³/mol. The molecule has 0 saturated heterocycles. The average Bonchev–Trinajstić information content (AvgIpc) is 2.75. The number of guanidine groups is 1. The minimum absolute atomic E-state index is 0.0891. The summed E-state index contributed by atoms with van der Waals surface area (Å²) in [7, 11) is 0. The number of nitrogens with zero attached hydrogens (tertiary/aromatic N) is 3. The summed E-state index contributed by atoms with van der Waals surface area (Å²) in [6.45, 7) is 0.0891. The Morgan fingerprint density at radius 2 is 1.77 bits per heavy atom. The molecule has 0 radical (unpaired) electrons. The van der Waals surface area contributed by atoms with Crippen LogP contribution in [0.25, 0.3) is 0 Å². The van der Waals surface area contributed by atoms with Crippen molar-refractivity contribution in [3.05, 3.63) is 83.5 Å². The molecule has 0 aliphatic carbocycles. The second kappa shape index (κ2) is 9.53. The molecule has 0 fully saturated rings. The molecule has 0 aliphatic rings. The number of aromatic nitrogens is 1. The van der Waals surface area contributed by atoms with Gasteiger partial charge in [-0.05, 0) is 48.0 Å². The van der Waals surface area contributed by atoms with Crippen LogP contribution >= 0.6 is 11.6 Å². The quantitative estimate of drug-likeness (QED) is 0.428. The Morgan fingerprint density at radius 3 is 2.37 bits per heavy atom. The maximum Gasteiger partial charge on any atom is 0.295 e. The summed E-state index contributed by atoms with van der Waals surface area (Å²) in [5.74, 6) is -0.440. The van der Waals surface area contributed by atoms with Gasteiger partial charge < -0.3 is 16.2 Å². The van der Waals surface area contributed by atoms with Crippen LogP contribution in [0.15, 0.2) is 77.9 Å². The molecule has 0 aliphatic heterocycles. The number of nitrogens with one attached hydrogen (secondary N) is 1. The van der Waals surface area contributed by atoms with Gasteiger partial charge in [0.2, 0.25) is 11.8 Å². The first-order chi connectivity index (χ1) is 14.4. The standard InChI is InChI=1S/C21H19ClN6O2/c22-15-6-4-14(5-7-15)13-28(20(29)19(23)24)21(25)27-16-8-10-17(11-9-16)30-18-3-1-2-12-26-18/h1-12H,13H2,(H3,23,24)(H2,25,27). The molecule has 0 spiro atoms. The van der Waals surface area contributed by atoms with Crippen molar-refractivity contribution in [1.29, 1.82) is 5.41 Å². The highest BCUT2D eigenvalue weighted by Gasteiger charge is 2.20. The molecule has 0 saturated carbocycles. The molecular formula is C21H19ClN6O2. The SMILES string of the molecule is N=C(N)C(=O)N(Cc1ccc(Cl)cc1)C(N)=Nc1ccc(Oc2ccccn2)cc1. The maximum atomic E-state index is 12.4. The fraction of sp³-hybridized carbons (Fsp3) is 0.0476. The van der Waals surface area contributed by atoms with E-state index in [4.69, 9.17) is 33.2 Å². The lowest BCUT2D eigenvalue weighted by atomic mass is 10.2. The molecule has 3 aromatic rings. The van der Waals surface area contributed by atoms with Crippen molar-refractivity contribution in [3.63, 3.8) is 0 Å². The van der Waals surface area contributed by atoms with Crippen molar-refractivity contribution in [3.8, 4) is 11.6 Å². The van der Waals surface area contributed by atoms with Gasteiger partial charge in [0.1, 0.15) is 5.75 Å². The summed E-state index contributed by atoms with van der Waals surface area (Å²) in [5.41, 5.74) is 12.7. The summed E-state index contributed by atoms with van der Waals surface area (Å²) in [5, 5.41) is 8.04. The Balaban J connectivity index is 1.78. The Bertz CT molecular complexity index is 1050. The normalized spacial score (nSPS) is 11.0. The summed E-state index contributed by atoms with van der Waals surface area (Å²) in [6.07, 6.45) is 1.63. The first-order valence-corrected chi connectivity index (χ1v) is 9.23. The highest BCUT2D eigenvalue weighted by atomic mass is 35.5. The van der Waals surface area contributed by atoms with Crippen LogP contribution in [0.3, 0.4) is 0 Å². The average molecular weight is 423 g/mol. The lowest BCUT2D eigenvalue weighted by molar-refractivity contribution is -0.121. The third-order valence-corrected chi connectivity index (χ3v) is 4.20. The molecule has 1 heterocycles. The number of carbonyl (C=O) groups is 1. The van der Waals surface area contributed by atoms with Crippen LogP contribution < -0.4 is 16.2 Å². The van der Waals surface area contributed by atoms with E-state index in [1.54, 1.807) is 66.9 Å². The molecule has 0 unspecified atom stereocenters. The number of ether oxygens (including phenoxy) is 1. The third kappa shape index (κ3) is 5.55. The molecule has 9 heteroatoms. The Kier molecular flexibility index (Phi) is 6.61. The summed E-state index contributed by atoms with van der Waals surface area (Å²) in [4.78, 5) is 21.9.